The molecule has 25 heavy (non-hydrogen) atoms. The molecular formula is C22H34O3. The van der Waals surface area contributed by atoms with Crippen LogP contribution in [-0.4, -0.2) is 17.7 Å². The number of hydrogen-bond acceptors (Lipinski definition) is 3. The van der Waals surface area contributed by atoms with Crippen LogP contribution in [0.25, 0.3) is 0 Å². The Morgan fingerprint density at radius 2 is 1.36 bits per heavy atom. The molecule has 0 bridgehead atoms. The van der Waals surface area contributed by atoms with Crippen molar-refractivity contribution in [1.82, 2.24) is 0 Å². The number of aliphatic hydroxyl groups excluding tert-OH is 1. The van der Waals surface area contributed by atoms with Gasteiger partial charge >= 0.3 is 5.97 Å². The molecule has 0 radical (unpaired) electrons. The fourth-order valence-corrected chi connectivity index (χ4v) is 2.13. The first kappa shape index (κ1) is 23.0. The van der Waals surface area contributed by atoms with E-state index in [9.17, 15) is 9.90 Å². The Morgan fingerprint density at radius 1 is 0.800 bits per heavy atom. The summed E-state index contributed by atoms with van der Waals surface area (Å²) >= 11 is 0. The fourth-order valence-electron chi connectivity index (χ4n) is 2.13. The normalized spacial score (nSPS) is 13.0. The molecule has 3 nitrogen and oxygen atoms in total. The molecule has 1 N–H and O–H groups in total. The molecule has 3 heteroatoms. The van der Waals surface area contributed by atoms with Gasteiger partial charge in [0, 0.05) is 0 Å². The van der Waals surface area contributed by atoms with Crippen LogP contribution in [0.2, 0.25) is 0 Å². The molecule has 0 spiro atoms. The number of esters is 1. The highest BCUT2D eigenvalue weighted by Crippen LogP contribution is 2.08. The summed E-state index contributed by atoms with van der Waals surface area (Å²) in [6, 6.07) is 0. The molecule has 0 aromatic heterocycles. The van der Waals surface area contributed by atoms with E-state index in [1.165, 1.54) is 51.0 Å². The Bertz CT molecular complexity index is 468. The summed E-state index contributed by atoms with van der Waals surface area (Å²) in [5.74, 6) is -1.10. The summed E-state index contributed by atoms with van der Waals surface area (Å²) in [5.41, 5.74) is 0. The van der Waals surface area contributed by atoms with Gasteiger partial charge in [-0.05, 0) is 25.8 Å². The first-order chi connectivity index (χ1) is 12.2. The minimum atomic E-state index is -0.706. The molecule has 140 valence electrons. The van der Waals surface area contributed by atoms with E-state index in [0.717, 1.165) is 6.42 Å². The first-order valence-corrected chi connectivity index (χ1v) is 9.45. The quantitative estimate of drug-likeness (QED) is 0.131. The summed E-state index contributed by atoms with van der Waals surface area (Å²) in [7, 11) is 0. The third kappa shape index (κ3) is 16.6. The molecule has 0 amide bonds. The van der Waals surface area contributed by atoms with Crippen LogP contribution in [0.15, 0.2) is 60.4 Å². The van der Waals surface area contributed by atoms with Gasteiger partial charge in [0.15, 0.2) is 0 Å². The Labute approximate surface area is 153 Å². The highest BCUT2D eigenvalue weighted by atomic mass is 16.5. The smallest absolute Gasteiger partial charge is 0.373 e. The Morgan fingerprint density at radius 3 is 2.00 bits per heavy atom. The lowest BCUT2D eigenvalue weighted by Gasteiger charge is -1.98. The standard InChI is InChI=1S/C22H34O3/c1-3-5-6-7-8-9-10-11-12-13-14-15-16-17-18-19-20-21(23)22(24)25-4-2/h12-20,23H,3-11H2,1-2H3/b13-12+,15-14+,17-16+,19-18+,21-20-. The molecule has 0 unspecified atom stereocenters. The highest BCUT2D eigenvalue weighted by molar-refractivity contribution is 5.86. The summed E-state index contributed by atoms with van der Waals surface area (Å²) in [6.45, 7) is 4.19. The lowest BCUT2D eigenvalue weighted by Crippen LogP contribution is -2.06. The van der Waals surface area contributed by atoms with Crippen molar-refractivity contribution in [1.29, 1.82) is 0 Å². The van der Waals surface area contributed by atoms with Gasteiger partial charge in [-0.2, -0.15) is 0 Å². The van der Waals surface area contributed by atoms with E-state index in [0.29, 0.717) is 0 Å². The SMILES string of the molecule is CCCCCCCCC/C=C/C=C/C=C/C=C/C=C(\O)C(=O)OCC. The van der Waals surface area contributed by atoms with E-state index in [1.54, 1.807) is 19.1 Å². The monoisotopic (exact) mass is 346 g/mol. The first-order valence-electron chi connectivity index (χ1n) is 9.45. The largest absolute Gasteiger partial charge is 0.502 e. The molecule has 0 aliphatic carbocycles. The minimum absolute atomic E-state index is 0.248. The number of allylic oxidation sites excluding steroid dienone is 9. The third-order valence-corrected chi connectivity index (χ3v) is 3.52. The van der Waals surface area contributed by atoms with Crippen LogP contribution in [0.1, 0.15) is 65.2 Å². The number of rotatable bonds is 14. The van der Waals surface area contributed by atoms with E-state index in [4.69, 9.17) is 0 Å². The zero-order chi connectivity index (χ0) is 18.6. The molecule has 0 fully saturated rings. The van der Waals surface area contributed by atoms with Crippen molar-refractivity contribution >= 4 is 5.97 Å². The van der Waals surface area contributed by atoms with Crippen LogP contribution >= 0.6 is 0 Å². The highest BCUT2D eigenvalue weighted by Gasteiger charge is 2.05. The van der Waals surface area contributed by atoms with Crippen molar-refractivity contribution in [2.75, 3.05) is 6.61 Å². The zero-order valence-electron chi connectivity index (χ0n) is 15.8. The maximum Gasteiger partial charge on any atom is 0.373 e. The summed E-state index contributed by atoms with van der Waals surface area (Å²) in [5, 5.41) is 9.35. The van der Waals surface area contributed by atoms with E-state index in [1.807, 2.05) is 24.3 Å². The zero-order valence-corrected chi connectivity index (χ0v) is 15.8. The molecule has 0 atom stereocenters. The van der Waals surface area contributed by atoms with Crippen LogP contribution in [0, 0.1) is 0 Å². The predicted octanol–water partition coefficient (Wildman–Crippen LogP) is 6.36. The van der Waals surface area contributed by atoms with Gasteiger partial charge in [0.25, 0.3) is 0 Å². The van der Waals surface area contributed by atoms with Gasteiger partial charge in [-0.3, -0.25) is 0 Å². The average Bonchev–Trinajstić information content (AvgIpc) is 2.61. The Balaban J connectivity index is 3.72. The Kier molecular flexibility index (Phi) is 16.8. The average molecular weight is 347 g/mol. The van der Waals surface area contributed by atoms with Crippen molar-refractivity contribution in [3.05, 3.63) is 60.4 Å². The van der Waals surface area contributed by atoms with Crippen molar-refractivity contribution in [2.45, 2.75) is 65.2 Å². The van der Waals surface area contributed by atoms with Crippen LogP contribution in [0.4, 0.5) is 0 Å². The van der Waals surface area contributed by atoms with E-state index >= 15 is 0 Å². The van der Waals surface area contributed by atoms with Gasteiger partial charge in [0.05, 0.1) is 6.61 Å². The van der Waals surface area contributed by atoms with Gasteiger partial charge in [0.1, 0.15) is 0 Å². The van der Waals surface area contributed by atoms with Crippen LogP contribution in [0.5, 0.6) is 0 Å². The maximum absolute atomic E-state index is 11.1. The number of unbranched alkanes of at least 4 members (excludes halogenated alkanes) is 7. The summed E-state index contributed by atoms with van der Waals surface area (Å²) in [4.78, 5) is 11.1. The van der Waals surface area contributed by atoms with E-state index in [-0.39, 0.29) is 6.61 Å². The molecule has 0 aliphatic rings. The molecule has 0 saturated carbocycles. The van der Waals surface area contributed by atoms with Gasteiger partial charge in [-0.15, -0.1) is 0 Å². The van der Waals surface area contributed by atoms with Crippen LogP contribution in [-0.2, 0) is 9.53 Å². The van der Waals surface area contributed by atoms with E-state index in [2.05, 4.69) is 23.8 Å². The number of ether oxygens (including phenoxy) is 1. The molecular weight excluding hydrogens is 312 g/mol. The van der Waals surface area contributed by atoms with Crippen LogP contribution in [0.3, 0.4) is 0 Å². The molecule has 0 aromatic rings. The van der Waals surface area contributed by atoms with Gasteiger partial charge < -0.3 is 9.84 Å². The molecule has 0 aromatic carbocycles. The third-order valence-electron chi connectivity index (χ3n) is 3.52. The molecule has 0 rings (SSSR count). The number of aliphatic hydroxyl groups is 1. The fraction of sp³-hybridized carbons (Fsp3) is 0.500. The second-order valence-electron chi connectivity index (χ2n) is 5.77. The summed E-state index contributed by atoms with van der Waals surface area (Å²) < 4.78 is 4.66. The van der Waals surface area contributed by atoms with Crippen molar-refractivity contribution in [2.24, 2.45) is 0 Å². The lowest BCUT2D eigenvalue weighted by molar-refractivity contribution is -0.141. The summed E-state index contributed by atoms with van der Waals surface area (Å²) in [6.07, 6.45) is 27.1. The van der Waals surface area contributed by atoms with Crippen molar-refractivity contribution < 1.29 is 14.6 Å². The number of carbonyl (C=O) groups is 1. The van der Waals surface area contributed by atoms with E-state index < -0.39 is 11.7 Å². The molecule has 0 saturated heterocycles. The topological polar surface area (TPSA) is 46.5 Å². The lowest BCUT2D eigenvalue weighted by atomic mass is 10.1. The van der Waals surface area contributed by atoms with Crippen LogP contribution < -0.4 is 0 Å². The minimum Gasteiger partial charge on any atom is -0.502 e. The number of carbonyl (C=O) groups excluding carboxylic acids is 1. The maximum atomic E-state index is 11.1. The van der Waals surface area contributed by atoms with Gasteiger partial charge in [-0.1, -0.05) is 94.1 Å². The predicted molar refractivity (Wildman–Crippen MR) is 107 cm³/mol. The van der Waals surface area contributed by atoms with Gasteiger partial charge in [0.2, 0.25) is 5.76 Å². The molecule has 0 aliphatic heterocycles. The van der Waals surface area contributed by atoms with Crippen molar-refractivity contribution in [3.8, 4) is 0 Å². The van der Waals surface area contributed by atoms with Crippen molar-refractivity contribution in [3.63, 3.8) is 0 Å². The molecule has 0 heterocycles. The second kappa shape index (κ2) is 18.3. The van der Waals surface area contributed by atoms with Gasteiger partial charge in [-0.25, -0.2) is 4.79 Å². The number of hydrogen-bond donors (Lipinski definition) is 1. The Hall–Kier alpha value is -2.03. The second-order valence-corrected chi connectivity index (χ2v) is 5.77.